The number of likely N-dealkylation sites (N-methyl/N-ethyl adjacent to an activating group) is 1. The van der Waals surface area contributed by atoms with Crippen LogP contribution in [-0.2, 0) is 17.8 Å². The number of thiophene rings is 1. The van der Waals surface area contributed by atoms with Gasteiger partial charge in [-0.3, -0.25) is 4.79 Å². The fraction of sp³-hybridized carbons (Fsp3) is 0.312. The van der Waals surface area contributed by atoms with Gasteiger partial charge < -0.3 is 4.90 Å². The van der Waals surface area contributed by atoms with Crippen molar-refractivity contribution >= 4 is 17.2 Å². The molecule has 0 aliphatic heterocycles. The van der Waals surface area contributed by atoms with Crippen LogP contribution in [0.2, 0.25) is 0 Å². The van der Waals surface area contributed by atoms with Gasteiger partial charge in [0.05, 0.1) is 13.0 Å². The number of carbonyl (C=O) groups is 1. The Kier molecular flexibility index (Phi) is 4.38. The summed E-state index contributed by atoms with van der Waals surface area (Å²) in [6.45, 7) is 4.84. The van der Waals surface area contributed by atoms with Crippen molar-refractivity contribution in [3.05, 3.63) is 57.3 Å². The Bertz CT molecular complexity index is 556. The van der Waals surface area contributed by atoms with Gasteiger partial charge in [-0.15, -0.1) is 11.3 Å². The average Bonchev–Trinajstić information content (AvgIpc) is 2.78. The minimum absolute atomic E-state index is 0.164. The maximum atomic E-state index is 12.2. The molecule has 0 spiro atoms. The molecule has 1 aromatic heterocycles. The maximum absolute atomic E-state index is 12.2. The van der Waals surface area contributed by atoms with Crippen LogP contribution in [0.5, 0.6) is 0 Å². The van der Waals surface area contributed by atoms with Crippen LogP contribution in [-0.4, -0.2) is 17.9 Å². The molecule has 2 aromatic rings. The predicted octanol–water partition coefficient (Wildman–Crippen LogP) is 3.57. The normalized spacial score (nSPS) is 10.5. The molecule has 1 heterocycles. The van der Waals surface area contributed by atoms with E-state index in [0.717, 1.165) is 5.56 Å². The molecule has 100 valence electrons. The largest absolute Gasteiger partial charge is 0.340 e. The minimum Gasteiger partial charge on any atom is -0.340 e. The molecule has 0 aliphatic rings. The molecule has 0 saturated heterocycles. The van der Waals surface area contributed by atoms with Crippen molar-refractivity contribution in [1.29, 1.82) is 0 Å². The standard InChI is InChI=1S/C16H19NOS/c1-12-4-6-14(7-5-12)10-16(18)17(3)11-15-13(2)8-9-19-15/h4-9H,10-11H2,1-3H3. The first-order chi connectivity index (χ1) is 9.06. The first kappa shape index (κ1) is 13.8. The van der Waals surface area contributed by atoms with Crippen molar-refractivity contribution in [2.75, 3.05) is 7.05 Å². The second-order valence-corrected chi connectivity index (χ2v) is 5.94. The summed E-state index contributed by atoms with van der Waals surface area (Å²) in [5, 5.41) is 2.07. The van der Waals surface area contributed by atoms with Gasteiger partial charge in [0.15, 0.2) is 0 Å². The quantitative estimate of drug-likeness (QED) is 0.834. The first-order valence-electron chi connectivity index (χ1n) is 6.39. The van der Waals surface area contributed by atoms with Gasteiger partial charge in [0.25, 0.3) is 0 Å². The van der Waals surface area contributed by atoms with E-state index in [1.165, 1.54) is 16.0 Å². The van der Waals surface area contributed by atoms with Gasteiger partial charge in [0.1, 0.15) is 0 Å². The lowest BCUT2D eigenvalue weighted by Crippen LogP contribution is -2.27. The van der Waals surface area contributed by atoms with E-state index in [1.807, 2.05) is 31.3 Å². The molecular formula is C16H19NOS. The summed E-state index contributed by atoms with van der Waals surface area (Å²) < 4.78 is 0. The summed E-state index contributed by atoms with van der Waals surface area (Å²) in [5.74, 6) is 0.164. The second-order valence-electron chi connectivity index (χ2n) is 4.94. The number of rotatable bonds is 4. The Labute approximate surface area is 118 Å². The second kappa shape index (κ2) is 6.02. The summed E-state index contributed by atoms with van der Waals surface area (Å²) >= 11 is 1.71. The molecule has 0 atom stereocenters. The van der Waals surface area contributed by atoms with Crippen molar-refractivity contribution in [3.63, 3.8) is 0 Å². The molecule has 0 N–H and O–H groups in total. The Morgan fingerprint density at radius 2 is 1.84 bits per heavy atom. The topological polar surface area (TPSA) is 20.3 Å². The summed E-state index contributed by atoms with van der Waals surface area (Å²) in [6, 6.07) is 10.2. The van der Waals surface area contributed by atoms with E-state index >= 15 is 0 Å². The number of benzene rings is 1. The van der Waals surface area contributed by atoms with Crippen LogP contribution in [0.3, 0.4) is 0 Å². The van der Waals surface area contributed by atoms with Crippen molar-refractivity contribution in [3.8, 4) is 0 Å². The van der Waals surface area contributed by atoms with E-state index in [9.17, 15) is 4.79 Å². The van der Waals surface area contributed by atoms with Crippen molar-refractivity contribution < 1.29 is 4.79 Å². The Balaban J connectivity index is 1.96. The van der Waals surface area contributed by atoms with Crippen LogP contribution < -0.4 is 0 Å². The highest BCUT2D eigenvalue weighted by atomic mass is 32.1. The number of amides is 1. The van der Waals surface area contributed by atoms with Gasteiger partial charge in [0.2, 0.25) is 5.91 Å². The molecular weight excluding hydrogens is 254 g/mol. The van der Waals surface area contributed by atoms with Crippen molar-refractivity contribution in [1.82, 2.24) is 4.90 Å². The van der Waals surface area contributed by atoms with E-state index in [2.05, 4.69) is 25.3 Å². The summed E-state index contributed by atoms with van der Waals surface area (Å²) in [5.41, 5.74) is 3.56. The lowest BCUT2D eigenvalue weighted by atomic mass is 10.1. The fourth-order valence-electron chi connectivity index (χ4n) is 1.89. The zero-order chi connectivity index (χ0) is 13.8. The lowest BCUT2D eigenvalue weighted by Gasteiger charge is -2.17. The van der Waals surface area contributed by atoms with E-state index in [1.54, 1.807) is 16.2 Å². The zero-order valence-electron chi connectivity index (χ0n) is 11.6. The van der Waals surface area contributed by atoms with Gasteiger partial charge in [0, 0.05) is 11.9 Å². The molecule has 2 rings (SSSR count). The molecule has 0 bridgehead atoms. The Morgan fingerprint density at radius 3 is 2.42 bits per heavy atom. The maximum Gasteiger partial charge on any atom is 0.227 e. The number of hydrogen-bond donors (Lipinski definition) is 0. The van der Waals surface area contributed by atoms with Crippen LogP contribution >= 0.6 is 11.3 Å². The molecule has 0 radical (unpaired) electrons. The van der Waals surface area contributed by atoms with E-state index in [-0.39, 0.29) is 5.91 Å². The smallest absolute Gasteiger partial charge is 0.227 e. The van der Waals surface area contributed by atoms with Gasteiger partial charge in [-0.25, -0.2) is 0 Å². The Hall–Kier alpha value is -1.61. The monoisotopic (exact) mass is 273 g/mol. The molecule has 0 unspecified atom stereocenters. The minimum atomic E-state index is 0.164. The average molecular weight is 273 g/mol. The highest BCUT2D eigenvalue weighted by Crippen LogP contribution is 2.17. The number of aryl methyl sites for hydroxylation is 2. The summed E-state index contributed by atoms with van der Waals surface area (Å²) in [4.78, 5) is 15.2. The lowest BCUT2D eigenvalue weighted by molar-refractivity contribution is -0.129. The molecule has 0 fully saturated rings. The SMILES string of the molecule is Cc1ccc(CC(=O)N(C)Cc2sccc2C)cc1. The van der Waals surface area contributed by atoms with Gasteiger partial charge >= 0.3 is 0 Å². The van der Waals surface area contributed by atoms with Crippen molar-refractivity contribution in [2.24, 2.45) is 0 Å². The molecule has 1 amide bonds. The molecule has 1 aromatic carbocycles. The summed E-state index contributed by atoms with van der Waals surface area (Å²) in [6.07, 6.45) is 0.473. The fourth-order valence-corrected chi connectivity index (χ4v) is 2.84. The van der Waals surface area contributed by atoms with E-state index in [4.69, 9.17) is 0 Å². The van der Waals surface area contributed by atoms with Crippen LogP contribution in [0.1, 0.15) is 21.6 Å². The van der Waals surface area contributed by atoms with Gasteiger partial charge in [-0.1, -0.05) is 29.8 Å². The highest BCUT2D eigenvalue weighted by Gasteiger charge is 2.11. The van der Waals surface area contributed by atoms with Gasteiger partial charge in [-0.05, 0) is 36.4 Å². The van der Waals surface area contributed by atoms with E-state index in [0.29, 0.717) is 13.0 Å². The summed E-state index contributed by atoms with van der Waals surface area (Å²) in [7, 11) is 1.87. The number of carbonyl (C=O) groups excluding carboxylic acids is 1. The van der Waals surface area contributed by atoms with Crippen LogP contribution in [0.15, 0.2) is 35.7 Å². The number of hydrogen-bond acceptors (Lipinski definition) is 2. The van der Waals surface area contributed by atoms with E-state index < -0.39 is 0 Å². The van der Waals surface area contributed by atoms with Crippen LogP contribution in [0.25, 0.3) is 0 Å². The zero-order valence-corrected chi connectivity index (χ0v) is 12.5. The molecule has 2 nitrogen and oxygen atoms in total. The molecule has 3 heteroatoms. The first-order valence-corrected chi connectivity index (χ1v) is 7.26. The Morgan fingerprint density at radius 1 is 1.16 bits per heavy atom. The number of nitrogens with zero attached hydrogens (tertiary/aromatic N) is 1. The van der Waals surface area contributed by atoms with Crippen LogP contribution in [0, 0.1) is 13.8 Å². The third-order valence-corrected chi connectivity index (χ3v) is 4.26. The predicted molar refractivity (Wildman–Crippen MR) is 80.4 cm³/mol. The highest BCUT2D eigenvalue weighted by molar-refractivity contribution is 7.10. The third-order valence-electron chi connectivity index (χ3n) is 3.25. The molecule has 19 heavy (non-hydrogen) atoms. The third kappa shape index (κ3) is 3.67. The van der Waals surface area contributed by atoms with Gasteiger partial charge in [-0.2, -0.15) is 0 Å². The van der Waals surface area contributed by atoms with Crippen LogP contribution in [0.4, 0.5) is 0 Å². The van der Waals surface area contributed by atoms with Crippen molar-refractivity contribution in [2.45, 2.75) is 26.8 Å². The molecule has 0 aliphatic carbocycles. The molecule has 0 saturated carbocycles.